The molecule has 2 aromatic heterocycles. The van der Waals surface area contributed by atoms with E-state index in [-0.39, 0.29) is 5.69 Å². The Morgan fingerprint density at radius 1 is 1.44 bits per heavy atom. The lowest BCUT2D eigenvalue weighted by Crippen LogP contribution is -2.01. The van der Waals surface area contributed by atoms with Crippen molar-refractivity contribution in [3.05, 3.63) is 35.5 Å². The second kappa shape index (κ2) is 4.28. The van der Waals surface area contributed by atoms with Crippen LogP contribution in [0.2, 0.25) is 5.15 Å². The van der Waals surface area contributed by atoms with E-state index in [0.29, 0.717) is 11.0 Å². The molecule has 82 valence electrons. The van der Waals surface area contributed by atoms with Gasteiger partial charge in [0.15, 0.2) is 16.7 Å². The van der Waals surface area contributed by atoms with Gasteiger partial charge in [-0.1, -0.05) is 11.6 Å². The monoisotopic (exact) mass is 238 g/mol. The fourth-order valence-corrected chi connectivity index (χ4v) is 1.21. The zero-order valence-electron chi connectivity index (χ0n) is 8.29. The number of imidazole rings is 1. The van der Waals surface area contributed by atoms with Crippen LogP contribution in [0.25, 0.3) is 5.82 Å². The maximum Gasteiger partial charge on any atom is 0.358 e. The summed E-state index contributed by atoms with van der Waals surface area (Å²) < 4.78 is 6.08. The molecule has 0 aromatic carbocycles. The van der Waals surface area contributed by atoms with Crippen molar-refractivity contribution in [3.63, 3.8) is 0 Å². The first-order valence-corrected chi connectivity index (χ1v) is 4.70. The van der Waals surface area contributed by atoms with Gasteiger partial charge in [0.2, 0.25) is 0 Å². The molecule has 0 aliphatic heterocycles. The Bertz CT molecular complexity index is 508. The fraction of sp³-hybridized carbons (Fsp3) is 0.111. The van der Waals surface area contributed by atoms with Crippen LogP contribution in [0.1, 0.15) is 10.5 Å². The number of carbonyl (C=O) groups excluding carboxylic acids is 1. The highest BCUT2D eigenvalue weighted by Gasteiger charge is 2.10. The zero-order valence-corrected chi connectivity index (χ0v) is 9.05. The molecule has 0 saturated carbocycles. The van der Waals surface area contributed by atoms with Crippen molar-refractivity contribution >= 4 is 17.6 Å². The molecule has 0 N–H and O–H groups in total. The third kappa shape index (κ3) is 2.01. The molecule has 0 atom stereocenters. The molecule has 2 aromatic rings. The van der Waals surface area contributed by atoms with Gasteiger partial charge in [-0.3, -0.25) is 4.57 Å². The molecule has 0 aliphatic rings. The number of carbonyl (C=O) groups is 1. The van der Waals surface area contributed by atoms with E-state index in [1.807, 2.05) is 0 Å². The van der Waals surface area contributed by atoms with Crippen LogP contribution in [0.15, 0.2) is 24.7 Å². The van der Waals surface area contributed by atoms with Crippen molar-refractivity contribution in [2.45, 2.75) is 0 Å². The Morgan fingerprint density at radius 2 is 2.25 bits per heavy atom. The number of hydrogen-bond donors (Lipinski definition) is 0. The van der Waals surface area contributed by atoms with E-state index in [1.54, 1.807) is 16.7 Å². The minimum atomic E-state index is -0.499. The molecule has 0 spiro atoms. The smallest absolute Gasteiger partial charge is 0.358 e. The van der Waals surface area contributed by atoms with Crippen LogP contribution in [-0.4, -0.2) is 32.8 Å². The number of esters is 1. The van der Waals surface area contributed by atoms with Crippen LogP contribution in [0, 0.1) is 0 Å². The lowest BCUT2D eigenvalue weighted by molar-refractivity contribution is 0.0594. The van der Waals surface area contributed by atoms with Gasteiger partial charge in [-0.25, -0.2) is 9.78 Å². The Morgan fingerprint density at radius 3 is 2.88 bits per heavy atom. The maximum absolute atomic E-state index is 11.2. The molecule has 7 heteroatoms. The van der Waals surface area contributed by atoms with Gasteiger partial charge < -0.3 is 4.74 Å². The highest BCUT2D eigenvalue weighted by Crippen LogP contribution is 2.08. The van der Waals surface area contributed by atoms with Crippen molar-refractivity contribution in [2.75, 3.05) is 7.11 Å². The molecule has 0 radical (unpaired) electrons. The van der Waals surface area contributed by atoms with Crippen LogP contribution in [0.3, 0.4) is 0 Å². The summed E-state index contributed by atoms with van der Waals surface area (Å²) in [5, 5.41) is 7.82. The van der Waals surface area contributed by atoms with Crippen LogP contribution in [-0.2, 0) is 4.74 Å². The second-order valence-electron chi connectivity index (χ2n) is 2.87. The quantitative estimate of drug-likeness (QED) is 0.733. The number of hydrogen-bond acceptors (Lipinski definition) is 5. The first-order chi connectivity index (χ1) is 7.70. The Kier molecular flexibility index (Phi) is 2.82. The average molecular weight is 239 g/mol. The molecule has 0 unspecified atom stereocenters. The van der Waals surface area contributed by atoms with Crippen molar-refractivity contribution < 1.29 is 9.53 Å². The van der Waals surface area contributed by atoms with Crippen LogP contribution < -0.4 is 0 Å². The average Bonchev–Trinajstić information content (AvgIpc) is 2.78. The molecule has 2 heterocycles. The SMILES string of the molecule is COC(=O)c1cn(-c2ccc(Cl)nn2)cn1. The third-order valence-electron chi connectivity index (χ3n) is 1.86. The van der Waals surface area contributed by atoms with Crippen molar-refractivity contribution in [2.24, 2.45) is 0 Å². The van der Waals surface area contributed by atoms with E-state index in [9.17, 15) is 4.79 Å². The third-order valence-corrected chi connectivity index (χ3v) is 2.06. The van der Waals surface area contributed by atoms with Gasteiger partial charge in [-0.15, -0.1) is 10.2 Å². The predicted octanol–water partition coefficient (Wildman–Crippen LogP) is 1.10. The predicted molar refractivity (Wildman–Crippen MR) is 55.5 cm³/mol. The molecular weight excluding hydrogens is 232 g/mol. The molecule has 16 heavy (non-hydrogen) atoms. The number of ether oxygens (including phenoxy) is 1. The molecule has 0 saturated heterocycles. The van der Waals surface area contributed by atoms with Gasteiger partial charge in [0.25, 0.3) is 0 Å². The van der Waals surface area contributed by atoms with Gasteiger partial charge in [0, 0.05) is 6.20 Å². The van der Waals surface area contributed by atoms with Crippen LogP contribution in [0.5, 0.6) is 0 Å². The number of methoxy groups -OCH3 is 1. The van der Waals surface area contributed by atoms with Crippen molar-refractivity contribution in [3.8, 4) is 5.82 Å². The summed E-state index contributed by atoms with van der Waals surface area (Å²) in [6, 6.07) is 3.26. The van der Waals surface area contributed by atoms with Crippen molar-refractivity contribution in [1.29, 1.82) is 0 Å². The Labute approximate surface area is 95.8 Å². The van der Waals surface area contributed by atoms with Crippen molar-refractivity contribution in [1.82, 2.24) is 19.7 Å². The summed E-state index contributed by atoms with van der Waals surface area (Å²) in [6.07, 6.45) is 2.95. The van der Waals surface area contributed by atoms with E-state index in [1.165, 1.54) is 19.6 Å². The standard InChI is InChI=1S/C9H7ClN4O2/c1-16-9(15)6-4-14(5-11-6)8-3-2-7(10)12-13-8/h2-5H,1H3. The molecule has 0 fully saturated rings. The Balaban J connectivity index is 2.31. The van der Waals surface area contributed by atoms with Gasteiger partial charge in [-0.05, 0) is 12.1 Å². The number of nitrogens with zero attached hydrogens (tertiary/aromatic N) is 4. The van der Waals surface area contributed by atoms with Gasteiger partial charge in [0.1, 0.15) is 6.33 Å². The highest BCUT2D eigenvalue weighted by atomic mass is 35.5. The number of rotatable bonds is 2. The highest BCUT2D eigenvalue weighted by molar-refractivity contribution is 6.29. The fourth-order valence-electron chi connectivity index (χ4n) is 1.10. The first-order valence-electron chi connectivity index (χ1n) is 4.32. The summed E-state index contributed by atoms with van der Waals surface area (Å²) in [5.74, 6) is 0.0210. The maximum atomic E-state index is 11.2. The molecule has 0 aliphatic carbocycles. The van der Waals surface area contributed by atoms with Crippen LogP contribution >= 0.6 is 11.6 Å². The molecule has 0 bridgehead atoms. The van der Waals surface area contributed by atoms with E-state index in [0.717, 1.165) is 0 Å². The van der Waals surface area contributed by atoms with Gasteiger partial charge in [0.05, 0.1) is 7.11 Å². The molecule has 6 nitrogen and oxygen atoms in total. The minimum absolute atomic E-state index is 0.208. The van der Waals surface area contributed by atoms with E-state index in [4.69, 9.17) is 11.6 Å². The molecule has 2 rings (SSSR count). The van der Waals surface area contributed by atoms with Crippen LogP contribution in [0.4, 0.5) is 0 Å². The summed E-state index contributed by atoms with van der Waals surface area (Å²) >= 11 is 5.60. The van der Waals surface area contributed by atoms with Gasteiger partial charge >= 0.3 is 5.97 Å². The summed E-state index contributed by atoms with van der Waals surface area (Å²) in [5.41, 5.74) is 0.208. The summed E-state index contributed by atoms with van der Waals surface area (Å²) in [7, 11) is 1.30. The lowest BCUT2D eigenvalue weighted by atomic mass is 10.5. The number of halogens is 1. The lowest BCUT2D eigenvalue weighted by Gasteiger charge is -1.98. The number of aromatic nitrogens is 4. The molecule has 0 amide bonds. The van der Waals surface area contributed by atoms with Gasteiger partial charge in [-0.2, -0.15) is 0 Å². The Hall–Kier alpha value is -1.95. The molecular formula is C9H7ClN4O2. The van der Waals surface area contributed by atoms with E-state index < -0.39 is 5.97 Å². The van der Waals surface area contributed by atoms with E-state index >= 15 is 0 Å². The minimum Gasteiger partial charge on any atom is -0.464 e. The summed E-state index contributed by atoms with van der Waals surface area (Å²) in [4.78, 5) is 15.0. The first kappa shape index (κ1) is 10.6. The zero-order chi connectivity index (χ0) is 11.5. The summed E-state index contributed by atoms with van der Waals surface area (Å²) in [6.45, 7) is 0. The van der Waals surface area contributed by atoms with E-state index in [2.05, 4.69) is 19.9 Å². The second-order valence-corrected chi connectivity index (χ2v) is 3.26. The topological polar surface area (TPSA) is 69.9 Å². The normalized spacial score (nSPS) is 10.1. The largest absolute Gasteiger partial charge is 0.464 e.